The van der Waals surface area contributed by atoms with Crippen LogP contribution in [-0.2, 0) is 28.3 Å². The molecule has 0 atom stereocenters. The second kappa shape index (κ2) is 12.1. The average Bonchev–Trinajstić information content (AvgIpc) is 2.89. The molecule has 0 aliphatic rings. The zero-order valence-corrected chi connectivity index (χ0v) is 23.3. The molecule has 0 fully saturated rings. The first-order valence-electron chi connectivity index (χ1n) is 12.2. The van der Waals surface area contributed by atoms with Gasteiger partial charge in [-0.25, -0.2) is 12.8 Å². The molecule has 3 rings (SSSR count). The van der Waals surface area contributed by atoms with Crippen LogP contribution < -0.4 is 25.8 Å². The monoisotopic (exact) mass is 557 g/mol. The summed E-state index contributed by atoms with van der Waals surface area (Å²) in [5, 5.41) is 5.51. The van der Waals surface area contributed by atoms with E-state index in [0.29, 0.717) is 18.4 Å². The van der Waals surface area contributed by atoms with Crippen molar-refractivity contribution < 1.29 is 22.4 Å². The van der Waals surface area contributed by atoms with Crippen molar-refractivity contribution in [3.63, 3.8) is 0 Å². The number of carbonyl (C=O) groups is 2. The lowest BCUT2D eigenvalue weighted by Gasteiger charge is -2.30. The van der Waals surface area contributed by atoms with Crippen LogP contribution in [0.2, 0.25) is 0 Å². The minimum absolute atomic E-state index is 0.0431. The molecule has 0 saturated carbocycles. The van der Waals surface area contributed by atoms with E-state index < -0.39 is 27.3 Å². The number of hydrogen-bond donors (Lipinski definition) is 3. The Morgan fingerprint density at radius 3 is 2.49 bits per heavy atom. The van der Waals surface area contributed by atoms with Crippen molar-refractivity contribution in [1.29, 1.82) is 0 Å². The normalized spacial score (nSPS) is 11.1. The number of pyridine rings is 1. The number of halogens is 1. The predicted molar refractivity (Wildman–Crippen MR) is 151 cm³/mol. The number of nitrogens with zero attached hydrogens (tertiary/aromatic N) is 2. The SMILES string of the molecule is CCc1ccc(Nc2c(C(=O)NC)c(N(CCC=O)c3cccc(NS(C)(=O)=O)c3)c(C)c(=O)n2C)c(F)c1. The fourth-order valence-corrected chi connectivity index (χ4v) is 4.81. The van der Waals surface area contributed by atoms with E-state index in [0.717, 1.165) is 11.8 Å². The molecular formula is C27H32FN5O5S. The molecule has 2 aromatic carbocycles. The van der Waals surface area contributed by atoms with Crippen molar-refractivity contribution in [1.82, 2.24) is 9.88 Å². The number of sulfonamides is 1. The molecule has 3 aromatic rings. The molecular weight excluding hydrogens is 525 g/mol. The maximum absolute atomic E-state index is 15.0. The van der Waals surface area contributed by atoms with Gasteiger partial charge in [0.15, 0.2) is 0 Å². The number of carbonyl (C=O) groups excluding carboxylic acids is 2. The van der Waals surface area contributed by atoms with E-state index in [1.165, 1.54) is 36.9 Å². The van der Waals surface area contributed by atoms with E-state index >= 15 is 0 Å². The number of amides is 1. The van der Waals surface area contributed by atoms with Crippen LogP contribution in [0.3, 0.4) is 0 Å². The quantitative estimate of drug-likeness (QED) is 0.307. The Morgan fingerprint density at radius 2 is 1.90 bits per heavy atom. The van der Waals surface area contributed by atoms with Gasteiger partial charge in [0.25, 0.3) is 11.5 Å². The molecule has 39 heavy (non-hydrogen) atoms. The summed E-state index contributed by atoms with van der Waals surface area (Å²) in [5.74, 6) is -1.06. The van der Waals surface area contributed by atoms with Gasteiger partial charge in [0.1, 0.15) is 23.5 Å². The predicted octanol–water partition coefficient (Wildman–Crippen LogP) is 3.60. The highest BCUT2D eigenvalue weighted by Crippen LogP contribution is 2.36. The lowest BCUT2D eigenvalue weighted by atomic mass is 10.0. The van der Waals surface area contributed by atoms with E-state index in [-0.39, 0.29) is 47.0 Å². The third kappa shape index (κ3) is 6.63. The Balaban J connectivity index is 2.33. The van der Waals surface area contributed by atoms with Crippen LogP contribution in [0.5, 0.6) is 0 Å². The Labute approximate surface area is 226 Å². The van der Waals surface area contributed by atoms with Crippen molar-refractivity contribution >= 4 is 50.8 Å². The molecule has 0 aliphatic heterocycles. The molecule has 0 unspecified atom stereocenters. The van der Waals surface area contributed by atoms with Crippen LogP contribution >= 0.6 is 0 Å². The maximum atomic E-state index is 15.0. The number of nitrogens with one attached hydrogen (secondary N) is 3. The second-order valence-electron chi connectivity index (χ2n) is 8.96. The van der Waals surface area contributed by atoms with Gasteiger partial charge in [0.05, 0.1) is 23.3 Å². The molecule has 1 heterocycles. The van der Waals surface area contributed by atoms with Crippen molar-refractivity contribution in [3.05, 3.63) is 75.3 Å². The van der Waals surface area contributed by atoms with Gasteiger partial charge < -0.3 is 20.3 Å². The summed E-state index contributed by atoms with van der Waals surface area (Å²) < 4.78 is 42.2. The first-order valence-corrected chi connectivity index (χ1v) is 14.1. The first kappa shape index (κ1) is 29.4. The van der Waals surface area contributed by atoms with Crippen LogP contribution in [0.15, 0.2) is 47.3 Å². The minimum Gasteiger partial charge on any atom is -0.355 e. The fraction of sp³-hybridized carbons (Fsp3) is 0.296. The van der Waals surface area contributed by atoms with Crippen LogP contribution in [0.4, 0.5) is 33.0 Å². The van der Waals surface area contributed by atoms with E-state index in [1.807, 2.05) is 6.92 Å². The number of aryl methyl sites for hydroxylation is 1. The molecule has 3 N–H and O–H groups in total. The summed E-state index contributed by atoms with van der Waals surface area (Å²) >= 11 is 0. The third-order valence-electron chi connectivity index (χ3n) is 6.14. The topological polar surface area (TPSA) is 130 Å². The van der Waals surface area contributed by atoms with E-state index in [2.05, 4.69) is 15.4 Å². The van der Waals surface area contributed by atoms with Gasteiger partial charge in [0.2, 0.25) is 10.0 Å². The fourth-order valence-electron chi connectivity index (χ4n) is 4.26. The second-order valence-corrected chi connectivity index (χ2v) is 10.7. The molecule has 1 amide bonds. The summed E-state index contributed by atoms with van der Waals surface area (Å²) in [6.45, 7) is 3.52. The Hall–Kier alpha value is -4.19. The lowest BCUT2D eigenvalue weighted by Crippen LogP contribution is -2.33. The molecule has 0 saturated heterocycles. The standard InChI is InChI=1S/C27H32FN5O5S/c1-6-18-11-12-22(21(28)15-18)30-25-23(26(35)29-3)24(17(2)27(36)32(25)4)33(13-8-14-34)20-10-7-9-19(16-20)31-39(5,37)38/h7,9-12,14-16,30-31H,6,8,13H2,1-5H3,(H,29,35). The molecule has 0 bridgehead atoms. The molecule has 10 nitrogen and oxygen atoms in total. The summed E-state index contributed by atoms with van der Waals surface area (Å²) in [6.07, 6.45) is 2.39. The largest absolute Gasteiger partial charge is 0.355 e. The van der Waals surface area contributed by atoms with E-state index in [4.69, 9.17) is 0 Å². The van der Waals surface area contributed by atoms with Crippen molar-refractivity contribution in [2.75, 3.05) is 34.8 Å². The van der Waals surface area contributed by atoms with Crippen molar-refractivity contribution in [2.24, 2.45) is 7.05 Å². The molecule has 0 spiro atoms. The van der Waals surface area contributed by atoms with Crippen molar-refractivity contribution in [2.45, 2.75) is 26.7 Å². The Kier molecular flexibility index (Phi) is 9.12. The van der Waals surface area contributed by atoms with Gasteiger partial charge in [-0.2, -0.15) is 0 Å². The number of aromatic nitrogens is 1. The number of aldehydes is 1. The third-order valence-corrected chi connectivity index (χ3v) is 6.75. The van der Waals surface area contributed by atoms with Crippen LogP contribution in [0.25, 0.3) is 0 Å². The Morgan fingerprint density at radius 1 is 1.18 bits per heavy atom. The van der Waals surface area contributed by atoms with Gasteiger partial charge in [0, 0.05) is 38.3 Å². The molecule has 0 radical (unpaired) electrons. The van der Waals surface area contributed by atoms with Gasteiger partial charge in [-0.1, -0.05) is 19.1 Å². The summed E-state index contributed by atoms with van der Waals surface area (Å²) in [6, 6.07) is 11.0. The maximum Gasteiger partial charge on any atom is 0.256 e. The number of hydrogen-bond acceptors (Lipinski definition) is 7. The summed E-state index contributed by atoms with van der Waals surface area (Å²) in [5.41, 5.74) is 1.53. The number of benzene rings is 2. The van der Waals surface area contributed by atoms with E-state index in [9.17, 15) is 27.2 Å². The molecule has 1 aromatic heterocycles. The highest BCUT2D eigenvalue weighted by Gasteiger charge is 2.28. The van der Waals surface area contributed by atoms with Crippen molar-refractivity contribution in [3.8, 4) is 0 Å². The van der Waals surface area contributed by atoms with Gasteiger partial charge in [-0.05, 0) is 49.2 Å². The zero-order valence-electron chi connectivity index (χ0n) is 22.5. The highest BCUT2D eigenvalue weighted by atomic mass is 32.2. The Bertz CT molecular complexity index is 1570. The van der Waals surface area contributed by atoms with Crippen LogP contribution in [0.1, 0.15) is 34.8 Å². The van der Waals surface area contributed by atoms with Gasteiger partial charge in [-0.15, -0.1) is 0 Å². The zero-order chi connectivity index (χ0) is 28.9. The number of anilines is 5. The first-order chi connectivity index (χ1) is 18.4. The molecule has 208 valence electrons. The van der Waals surface area contributed by atoms with Gasteiger partial charge >= 0.3 is 0 Å². The smallest absolute Gasteiger partial charge is 0.256 e. The number of rotatable bonds is 11. The average molecular weight is 558 g/mol. The van der Waals surface area contributed by atoms with E-state index in [1.54, 1.807) is 36.1 Å². The van der Waals surface area contributed by atoms with Gasteiger partial charge in [-0.3, -0.25) is 18.9 Å². The lowest BCUT2D eigenvalue weighted by molar-refractivity contribution is -0.107. The molecule has 0 aliphatic carbocycles. The van der Waals surface area contributed by atoms with Crippen LogP contribution in [-0.4, -0.2) is 45.0 Å². The summed E-state index contributed by atoms with van der Waals surface area (Å²) in [7, 11) is -0.685. The highest BCUT2D eigenvalue weighted by molar-refractivity contribution is 7.92. The molecule has 12 heteroatoms. The summed E-state index contributed by atoms with van der Waals surface area (Å²) in [4.78, 5) is 39.8. The van der Waals surface area contributed by atoms with Crippen LogP contribution in [0, 0.1) is 12.7 Å². The minimum atomic E-state index is -3.59.